The van der Waals surface area contributed by atoms with Gasteiger partial charge in [-0.25, -0.2) is 16.8 Å². The minimum Gasteiger partial charge on any atom is -0.384 e. The van der Waals surface area contributed by atoms with E-state index in [1.165, 1.54) is 15.3 Å². The molecule has 4 rings (SSSR count). The summed E-state index contributed by atoms with van der Waals surface area (Å²) in [4.78, 5) is 15.2. The number of nitrogens with one attached hydrogen (secondary N) is 2. The predicted molar refractivity (Wildman–Crippen MR) is 147 cm³/mol. The molecule has 1 aliphatic heterocycles. The summed E-state index contributed by atoms with van der Waals surface area (Å²) >= 11 is 0. The van der Waals surface area contributed by atoms with E-state index in [1.807, 2.05) is 24.3 Å². The first kappa shape index (κ1) is 27.7. The quantitative estimate of drug-likeness (QED) is 0.268. The third-order valence-electron chi connectivity index (χ3n) is 6.61. The van der Waals surface area contributed by atoms with Crippen LogP contribution in [0.15, 0.2) is 71.6 Å². The molecule has 10 nitrogen and oxygen atoms in total. The predicted octanol–water partition coefficient (Wildman–Crippen LogP) is 1.51. The van der Waals surface area contributed by atoms with Crippen LogP contribution in [0.3, 0.4) is 0 Å². The van der Waals surface area contributed by atoms with E-state index in [4.69, 9.17) is 11.1 Å². The highest BCUT2D eigenvalue weighted by Crippen LogP contribution is 2.20. The molecule has 1 atom stereocenters. The zero-order chi connectivity index (χ0) is 27.5. The van der Waals surface area contributed by atoms with Crippen molar-refractivity contribution in [3.05, 3.63) is 77.9 Å². The molecule has 1 aliphatic rings. The molecule has 0 saturated carbocycles. The van der Waals surface area contributed by atoms with E-state index in [0.29, 0.717) is 11.1 Å². The number of carbonyl (C=O) groups excluding carboxylic acids is 1. The monoisotopic (exact) mass is 557 g/mol. The molecule has 38 heavy (non-hydrogen) atoms. The topological polar surface area (TPSA) is 154 Å². The second-order valence-electron chi connectivity index (χ2n) is 9.13. The van der Waals surface area contributed by atoms with Crippen LogP contribution in [0.5, 0.6) is 0 Å². The molecule has 0 aliphatic carbocycles. The van der Waals surface area contributed by atoms with Crippen molar-refractivity contribution in [1.29, 1.82) is 5.41 Å². The van der Waals surface area contributed by atoms with Crippen LogP contribution >= 0.6 is 0 Å². The molecular weight excluding hydrogens is 526 g/mol. The van der Waals surface area contributed by atoms with Gasteiger partial charge in [-0.1, -0.05) is 48.5 Å². The van der Waals surface area contributed by atoms with Crippen molar-refractivity contribution >= 4 is 42.6 Å². The molecule has 0 aromatic heterocycles. The van der Waals surface area contributed by atoms with Crippen LogP contribution in [0.4, 0.5) is 0 Å². The lowest BCUT2D eigenvalue weighted by Crippen LogP contribution is -2.56. The van der Waals surface area contributed by atoms with E-state index in [9.17, 15) is 21.6 Å². The van der Waals surface area contributed by atoms with Gasteiger partial charge in [0.1, 0.15) is 11.9 Å². The Kier molecular flexibility index (Phi) is 8.16. The number of hydrogen-bond acceptors (Lipinski definition) is 6. The normalized spacial score (nSPS) is 15.9. The fourth-order valence-corrected chi connectivity index (χ4v) is 6.77. The molecule has 0 radical (unpaired) electrons. The van der Waals surface area contributed by atoms with Crippen LogP contribution in [0.1, 0.15) is 18.1 Å². The largest absolute Gasteiger partial charge is 0.384 e. The van der Waals surface area contributed by atoms with Gasteiger partial charge in [-0.15, -0.1) is 0 Å². The number of nitrogens with zero attached hydrogens (tertiary/aromatic N) is 2. The van der Waals surface area contributed by atoms with Crippen LogP contribution in [0, 0.1) is 5.41 Å². The SMILES string of the molecule is CCS(=O)(=O)N1CCN(C(=O)[C@H](Cc2cccc(C(=N)N)c2)NS(=O)(=O)c2ccc3ccccc3c2)CC1. The summed E-state index contributed by atoms with van der Waals surface area (Å²) in [5.41, 5.74) is 6.71. The zero-order valence-corrected chi connectivity index (χ0v) is 22.6. The first-order valence-electron chi connectivity index (χ1n) is 12.2. The van der Waals surface area contributed by atoms with Crippen molar-refractivity contribution in [3.8, 4) is 0 Å². The molecule has 4 N–H and O–H groups in total. The maximum absolute atomic E-state index is 13.6. The Labute approximate surface area is 223 Å². The van der Waals surface area contributed by atoms with E-state index in [1.54, 1.807) is 43.3 Å². The van der Waals surface area contributed by atoms with Crippen molar-refractivity contribution in [2.45, 2.75) is 24.3 Å². The number of piperazine rings is 1. The van der Waals surface area contributed by atoms with Gasteiger partial charge in [0.25, 0.3) is 0 Å². The van der Waals surface area contributed by atoms with Gasteiger partial charge in [-0.2, -0.15) is 9.03 Å². The summed E-state index contributed by atoms with van der Waals surface area (Å²) in [7, 11) is -7.47. The second kappa shape index (κ2) is 11.2. The Morgan fingerprint density at radius 3 is 2.29 bits per heavy atom. The van der Waals surface area contributed by atoms with E-state index >= 15 is 0 Å². The summed E-state index contributed by atoms with van der Waals surface area (Å²) in [6, 6.07) is 17.7. The molecule has 0 spiro atoms. The number of carbonyl (C=O) groups is 1. The fourth-order valence-electron chi connectivity index (χ4n) is 4.46. The van der Waals surface area contributed by atoms with Gasteiger partial charge >= 0.3 is 0 Å². The van der Waals surface area contributed by atoms with E-state index < -0.39 is 32.0 Å². The molecule has 12 heteroatoms. The zero-order valence-electron chi connectivity index (χ0n) is 21.0. The van der Waals surface area contributed by atoms with Crippen LogP contribution in [0.25, 0.3) is 10.8 Å². The highest BCUT2D eigenvalue weighted by Gasteiger charge is 2.33. The van der Waals surface area contributed by atoms with E-state index in [-0.39, 0.29) is 49.1 Å². The number of nitrogen functional groups attached to an aromatic ring is 1. The lowest BCUT2D eigenvalue weighted by atomic mass is 10.0. The number of amides is 1. The summed E-state index contributed by atoms with van der Waals surface area (Å²) in [6.45, 7) is 2.16. The lowest BCUT2D eigenvalue weighted by molar-refractivity contribution is -0.134. The summed E-state index contributed by atoms with van der Waals surface area (Å²) in [5, 5.41) is 9.34. The minimum atomic E-state index is -4.09. The number of amidine groups is 1. The van der Waals surface area contributed by atoms with Gasteiger partial charge < -0.3 is 10.6 Å². The lowest BCUT2D eigenvalue weighted by Gasteiger charge is -2.35. The molecule has 1 heterocycles. The van der Waals surface area contributed by atoms with Crippen molar-refractivity contribution in [2.24, 2.45) is 5.73 Å². The van der Waals surface area contributed by atoms with Crippen molar-refractivity contribution < 1.29 is 21.6 Å². The van der Waals surface area contributed by atoms with E-state index in [2.05, 4.69) is 4.72 Å². The van der Waals surface area contributed by atoms with Crippen LogP contribution < -0.4 is 10.5 Å². The first-order chi connectivity index (χ1) is 18.0. The second-order valence-corrected chi connectivity index (χ2v) is 13.1. The molecule has 1 saturated heterocycles. The number of nitrogens with two attached hydrogens (primary N) is 1. The maximum atomic E-state index is 13.6. The molecule has 3 aromatic rings. The average Bonchev–Trinajstić information content (AvgIpc) is 2.92. The number of hydrogen-bond donors (Lipinski definition) is 3. The summed E-state index contributed by atoms with van der Waals surface area (Å²) in [6.07, 6.45) is 0.0280. The molecule has 0 bridgehead atoms. The molecule has 1 fully saturated rings. The van der Waals surface area contributed by atoms with Crippen molar-refractivity contribution in [3.63, 3.8) is 0 Å². The Hall–Kier alpha value is -3.32. The van der Waals surface area contributed by atoms with Crippen LogP contribution in [0.2, 0.25) is 0 Å². The Morgan fingerprint density at radius 1 is 0.947 bits per heavy atom. The summed E-state index contributed by atoms with van der Waals surface area (Å²) < 4.78 is 55.3. The number of rotatable bonds is 9. The van der Waals surface area contributed by atoms with Crippen LogP contribution in [-0.2, 0) is 31.3 Å². The molecular formula is C26H31N5O5S2. The Bertz CT molecular complexity index is 1570. The fraction of sp³-hybridized carbons (Fsp3) is 0.308. The number of sulfonamides is 2. The van der Waals surface area contributed by atoms with Gasteiger partial charge in [0, 0.05) is 31.7 Å². The highest BCUT2D eigenvalue weighted by atomic mass is 32.2. The first-order valence-corrected chi connectivity index (χ1v) is 15.3. The van der Waals surface area contributed by atoms with Crippen molar-refractivity contribution in [1.82, 2.24) is 13.9 Å². The standard InChI is InChI=1S/C26H31N5O5S2/c1-2-37(33,34)31-14-12-30(13-15-31)26(32)24(17-19-6-5-9-22(16-19)25(27)28)29-38(35,36)23-11-10-20-7-3-4-8-21(20)18-23/h3-11,16,18,24,29H,2,12-15,17H2,1H3,(H3,27,28)/t24-/m0/s1. The average molecular weight is 558 g/mol. The van der Waals surface area contributed by atoms with Gasteiger partial charge in [-0.05, 0) is 47.9 Å². The third kappa shape index (κ3) is 6.21. The van der Waals surface area contributed by atoms with Gasteiger partial charge in [0.15, 0.2) is 0 Å². The van der Waals surface area contributed by atoms with Crippen molar-refractivity contribution in [2.75, 3.05) is 31.9 Å². The molecule has 0 unspecified atom stereocenters. The van der Waals surface area contributed by atoms with Gasteiger partial charge in [-0.3, -0.25) is 10.2 Å². The Morgan fingerprint density at radius 2 is 1.63 bits per heavy atom. The Balaban J connectivity index is 1.61. The number of benzene rings is 3. The van der Waals surface area contributed by atoms with E-state index in [0.717, 1.165) is 10.8 Å². The third-order valence-corrected chi connectivity index (χ3v) is 9.96. The molecule has 1 amide bonds. The van der Waals surface area contributed by atoms with Gasteiger partial charge in [0.05, 0.1) is 10.6 Å². The highest BCUT2D eigenvalue weighted by molar-refractivity contribution is 7.89. The smallest absolute Gasteiger partial charge is 0.241 e. The minimum absolute atomic E-state index is 0.0262. The molecule has 3 aromatic carbocycles. The van der Waals surface area contributed by atoms with Gasteiger partial charge in [0.2, 0.25) is 26.0 Å². The maximum Gasteiger partial charge on any atom is 0.241 e. The molecule has 202 valence electrons. The summed E-state index contributed by atoms with van der Waals surface area (Å²) in [5.74, 6) is -0.613. The van der Waals surface area contributed by atoms with Crippen LogP contribution in [-0.4, -0.2) is 75.8 Å². The number of fused-ring (bicyclic) bond motifs is 1.